The van der Waals surface area contributed by atoms with Crippen molar-refractivity contribution in [3.63, 3.8) is 0 Å². The Bertz CT molecular complexity index is 1480. The quantitative estimate of drug-likeness (QED) is 0.321. The smallest absolute Gasteiger partial charge is 0.329 e. The van der Waals surface area contributed by atoms with Crippen LogP contribution in [0, 0.1) is 0 Å². The molecule has 0 radical (unpaired) electrons. The van der Waals surface area contributed by atoms with E-state index in [2.05, 4.69) is 20.8 Å². The van der Waals surface area contributed by atoms with Crippen LogP contribution in [-0.4, -0.2) is 68.8 Å². The van der Waals surface area contributed by atoms with Crippen molar-refractivity contribution < 1.29 is 19.1 Å². The van der Waals surface area contributed by atoms with Crippen molar-refractivity contribution in [3.05, 3.63) is 58.7 Å². The lowest BCUT2D eigenvalue weighted by molar-refractivity contribution is -0.163. The van der Waals surface area contributed by atoms with Crippen molar-refractivity contribution in [1.82, 2.24) is 25.3 Å². The van der Waals surface area contributed by atoms with E-state index in [0.717, 1.165) is 59.8 Å². The van der Waals surface area contributed by atoms with Gasteiger partial charge in [0, 0.05) is 43.2 Å². The average molecular weight is 593 g/mol. The number of halogens is 1. The molecule has 1 saturated carbocycles. The number of esters is 1. The number of nitrogens with one attached hydrogen (secondary N) is 3. The van der Waals surface area contributed by atoms with E-state index in [1.54, 1.807) is 17.2 Å². The molecule has 42 heavy (non-hydrogen) atoms. The summed E-state index contributed by atoms with van der Waals surface area (Å²) in [7, 11) is 0. The van der Waals surface area contributed by atoms with Crippen LogP contribution in [0.5, 0.6) is 0 Å². The first-order chi connectivity index (χ1) is 20.3. The average Bonchev–Trinajstić information content (AvgIpc) is 3.46. The summed E-state index contributed by atoms with van der Waals surface area (Å²) >= 11 is 6.47. The molecule has 2 aromatic carbocycles. The maximum absolute atomic E-state index is 13.6. The number of benzene rings is 2. The molecule has 2 aliphatic heterocycles. The van der Waals surface area contributed by atoms with Gasteiger partial charge in [0.1, 0.15) is 11.6 Å². The molecule has 1 saturated heterocycles. The molecule has 4 amide bonds. The second-order valence-electron chi connectivity index (χ2n) is 12.0. The number of carbonyl (C=O) groups excluding carboxylic acids is 3. The molecule has 1 aliphatic carbocycles. The van der Waals surface area contributed by atoms with Crippen molar-refractivity contribution in [2.24, 2.45) is 0 Å². The van der Waals surface area contributed by atoms with Crippen LogP contribution in [-0.2, 0) is 22.5 Å². The number of piperidine rings is 1. The van der Waals surface area contributed by atoms with Crippen LogP contribution in [0.25, 0.3) is 10.9 Å². The highest BCUT2D eigenvalue weighted by molar-refractivity contribution is 6.35. The van der Waals surface area contributed by atoms with Gasteiger partial charge in [0.15, 0.2) is 0 Å². The van der Waals surface area contributed by atoms with Gasteiger partial charge in [-0.3, -0.25) is 5.10 Å². The minimum atomic E-state index is -0.876. The van der Waals surface area contributed by atoms with E-state index in [0.29, 0.717) is 37.5 Å². The fraction of sp³-hybridized carbons (Fsp3) is 0.484. The van der Waals surface area contributed by atoms with E-state index in [-0.39, 0.29) is 24.5 Å². The maximum Gasteiger partial charge on any atom is 0.329 e. The molecule has 1 atom stereocenters. The zero-order valence-electron chi connectivity index (χ0n) is 23.8. The van der Waals surface area contributed by atoms with Crippen LogP contribution in [0.1, 0.15) is 63.0 Å². The summed E-state index contributed by atoms with van der Waals surface area (Å²) in [6, 6.07) is 10.3. The number of fused-ring (bicyclic) bond motifs is 2. The molecule has 2 fully saturated rings. The number of hydrogen-bond donors (Lipinski definition) is 3. The monoisotopic (exact) mass is 592 g/mol. The maximum atomic E-state index is 13.6. The highest BCUT2D eigenvalue weighted by Crippen LogP contribution is 2.32. The number of aromatic amines is 1. The third-order valence-electron chi connectivity index (χ3n) is 8.89. The van der Waals surface area contributed by atoms with Crippen LogP contribution >= 0.6 is 11.6 Å². The van der Waals surface area contributed by atoms with E-state index in [1.165, 1.54) is 0 Å². The Morgan fingerprint density at radius 1 is 1.17 bits per heavy atom. The van der Waals surface area contributed by atoms with E-state index < -0.39 is 17.6 Å². The molecule has 222 valence electrons. The Labute approximate surface area is 250 Å². The van der Waals surface area contributed by atoms with Crippen molar-refractivity contribution >= 4 is 46.2 Å². The molecule has 11 heteroatoms. The number of H-pyrrole nitrogens is 1. The minimum Gasteiger partial charge on any atom is -0.458 e. The molecule has 1 aromatic heterocycles. The number of likely N-dealkylation sites (tertiary alicyclic amines) is 1. The Morgan fingerprint density at radius 2 is 1.93 bits per heavy atom. The Kier molecular flexibility index (Phi) is 7.98. The zero-order valence-corrected chi connectivity index (χ0v) is 24.6. The molecule has 3 N–H and O–H groups in total. The highest BCUT2D eigenvalue weighted by atomic mass is 35.5. The first kappa shape index (κ1) is 28.3. The lowest BCUT2D eigenvalue weighted by atomic mass is 9.86. The first-order valence-electron chi connectivity index (χ1n) is 14.8. The summed E-state index contributed by atoms with van der Waals surface area (Å²) in [5, 5.41) is 14.2. The summed E-state index contributed by atoms with van der Waals surface area (Å²) in [5.74, 6) is -0.435. The van der Waals surface area contributed by atoms with Gasteiger partial charge in [-0.25, -0.2) is 14.4 Å². The Morgan fingerprint density at radius 3 is 2.71 bits per heavy atom. The van der Waals surface area contributed by atoms with E-state index >= 15 is 0 Å². The number of nitrogens with zero attached hydrogens (tertiary/aromatic N) is 3. The van der Waals surface area contributed by atoms with Gasteiger partial charge in [-0.1, -0.05) is 36.2 Å². The van der Waals surface area contributed by atoms with Gasteiger partial charge in [0.25, 0.3) is 0 Å². The van der Waals surface area contributed by atoms with E-state index in [1.807, 2.05) is 42.2 Å². The number of para-hydroxylation sites is 1. The summed E-state index contributed by atoms with van der Waals surface area (Å²) < 4.78 is 6.07. The predicted octanol–water partition coefficient (Wildman–Crippen LogP) is 5.62. The largest absolute Gasteiger partial charge is 0.458 e. The number of amides is 4. The van der Waals surface area contributed by atoms with Gasteiger partial charge in [-0.05, 0) is 74.8 Å². The number of carbonyl (C=O) groups is 3. The fourth-order valence-corrected chi connectivity index (χ4v) is 6.76. The van der Waals surface area contributed by atoms with Crippen LogP contribution in [0.15, 0.2) is 42.6 Å². The number of ether oxygens (including phenoxy) is 1. The summed E-state index contributed by atoms with van der Waals surface area (Å²) in [4.78, 5) is 43.5. The second-order valence-corrected chi connectivity index (χ2v) is 12.4. The van der Waals surface area contributed by atoms with Gasteiger partial charge < -0.3 is 25.2 Å². The molecule has 0 spiro atoms. The van der Waals surface area contributed by atoms with E-state index in [4.69, 9.17) is 16.3 Å². The number of hydrogen-bond acceptors (Lipinski definition) is 5. The summed E-state index contributed by atoms with van der Waals surface area (Å²) in [6.45, 7) is 3.49. The second kappa shape index (κ2) is 11.8. The third-order valence-corrected chi connectivity index (χ3v) is 9.19. The third kappa shape index (κ3) is 6.04. The molecular weight excluding hydrogens is 556 g/mol. The lowest BCUT2D eigenvalue weighted by Crippen LogP contribution is -2.55. The van der Waals surface area contributed by atoms with Crippen molar-refractivity contribution in [3.8, 4) is 0 Å². The zero-order chi connectivity index (χ0) is 29.3. The van der Waals surface area contributed by atoms with Gasteiger partial charge in [0.05, 0.1) is 16.7 Å². The SMILES string of the molecule is CC1(OC(=O)C(Cc2cc(Cl)c3[nH]ncc3c2)NC(=O)N2CCC(N3Cc4ccccc4NC3=O)CC2)CCCCC1. The molecule has 1 unspecified atom stereocenters. The van der Waals surface area contributed by atoms with Crippen LogP contribution in [0.3, 0.4) is 0 Å². The Balaban J connectivity index is 1.12. The summed E-state index contributed by atoms with van der Waals surface area (Å²) in [6.07, 6.45) is 8.04. The van der Waals surface area contributed by atoms with Crippen molar-refractivity contribution in [1.29, 1.82) is 0 Å². The summed E-state index contributed by atoms with van der Waals surface area (Å²) in [5.41, 5.74) is 2.94. The van der Waals surface area contributed by atoms with Crippen LogP contribution in [0.2, 0.25) is 5.02 Å². The normalized spacial score (nSPS) is 19.6. The molecule has 0 bridgehead atoms. The van der Waals surface area contributed by atoms with Crippen LogP contribution < -0.4 is 10.6 Å². The highest BCUT2D eigenvalue weighted by Gasteiger charge is 2.36. The molecule has 3 aliphatic rings. The molecule has 3 aromatic rings. The van der Waals surface area contributed by atoms with Crippen molar-refractivity contribution in [2.75, 3.05) is 18.4 Å². The number of anilines is 1. The number of rotatable bonds is 6. The van der Waals surface area contributed by atoms with Crippen molar-refractivity contribution in [2.45, 2.75) is 82.5 Å². The topological polar surface area (TPSA) is 120 Å². The van der Waals surface area contributed by atoms with Gasteiger partial charge >= 0.3 is 18.0 Å². The molecular formula is C31H37ClN6O4. The number of urea groups is 2. The molecule has 3 heterocycles. The van der Waals surface area contributed by atoms with Gasteiger partial charge in [-0.2, -0.15) is 5.10 Å². The standard InChI is InChI=1S/C31H37ClN6O4/c1-31(11-5-2-6-12-31)42-28(39)26(17-20-15-22-18-33-36-27(22)24(32)16-20)35-29(40)37-13-9-23(10-14-37)38-19-21-7-3-4-8-25(21)34-30(38)41/h3-4,7-8,15-16,18,23,26H,2,5-6,9-14,17,19H2,1H3,(H,33,36)(H,34,41)(H,35,40). The van der Waals surface area contributed by atoms with Gasteiger partial charge in [0.2, 0.25) is 0 Å². The van der Waals surface area contributed by atoms with Crippen LogP contribution in [0.4, 0.5) is 15.3 Å². The predicted molar refractivity (Wildman–Crippen MR) is 160 cm³/mol. The molecule has 6 rings (SSSR count). The minimum absolute atomic E-state index is 0.0262. The van der Waals surface area contributed by atoms with E-state index in [9.17, 15) is 14.4 Å². The Hall–Kier alpha value is -3.79. The number of aromatic nitrogens is 2. The molecule has 10 nitrogen and oxygen atoms in total. The lowest BCUT2D eigenvalue weighted by Gasteiger charge is -2.41. The first-order valence-corrected chi connectivity index (χ1v) is 15.2. The fourth-order valence-electron chi connectivity index (χ4n) is 6.47. The van der Waals surface area contributed by atoms with Gasteiger partial charge in [-0.15, -0.1) is 0 Å².